The molecule has 1 fully saturated rings. The first-order valence-corrected chi connectivity index (χ1v) is 16.1. The van der Waals surface area contributed by atoms with Crippen LogP contribution in [0.2, 0.25) is 0 Å². The highest BCUT2D eigenvalue weighted by molar-refractivity contribution is 6.03. The number of H-pyrrole nitrogens is 1. The van der Waals surface area contributed by atoms with Crippen LogP contribution in [0.4, 0.5) is 0 Å². The third-order valence-corrected chi connectivity index (χ3v) is 9.41. The Morgan fingerprint density at radius 2 is 1.19 bits per heavy atom. The first-order chi connectivity index (χ1) is 23.7. The van der Waals surface area contributed by atoms with E-state index in [2.05, 4.69) is 112 Å². The fourth-order valence-electron chi connectivity index (χ4n) is 7.09. The lowest BCUT2D eigenvalue weighted by Gasteiger charge is -2.37. The van der Waals surface area contributed by atoms with Crippen molar-refractivity contribution in [1.29, 1.82) is 0 Å². The SMILES string of the molecule is O=C(c1nc2cc3c(-c4ccncc4)[nH]n(C(c4ccccc4)(c4ccccc4)c4ccccc4)c3cc2n1)N1CC1c1ccccc1. The summed E-state index contributed by atoms with van der Waals surface area (Å²) in [5.74, 6) is 0.0678. The van der Waals surface area contributed by atoms with Gasteiger partial charge in [0.1, 0.15) is 5.54 Å². The summed E-state index contributed by atoms with van der Waals surface area (Å²) in [5.41, 5.74) is 7.80. The van der Waals surface area contributed by atoms with E-state index in [1.807, 2.05) is 53.4 Å². The van der Waals surface area contributed by atoms with E-state index in [-0.39, 0.29) is 17.8 Å². The molecule has 48 heavy (non-hydrogen) atoms. The highest BCUT2D eigenvalue weighted by Crippen LogP contribution is 2.44. The molecule has 0 bridgehead atoms. The molecular formula is C41H30N6O. The summed E-state index contributed by atoms with van der Waals surface area (Å²) in [6.07, 6.45) is 3.60. The number of fused-ring (bicyclic) bond motifs is 2. The molecule has 7 nitrogen and oxygen atoms in total. The van der Waals surface area contributed by atoms with Crippen molar-refractivity contribution in [3.8, 4) is 11.3 Å². The summed E-state index contributed by atoms with van der Waals surface area (Å²) < 4.78 is 2.25. The lowest BCUT2D eigenvalue weighted by Crippen LogP contribution is -2.38. The maximum absolute atomic E-state index is 13.6. The van der Waals surface area contributed by atoms with Crippen LogP contribution in [-0.2, 0) is 5.54 Å². The summed E-state index contributed by atoms with van der Waals surface area (Å²) in [6, 6.07) is 50.0. The second-order valence-electron chi connectivity index (χ2n) is 12.2. The normalized spacial score (nSPS) is 14.4. The van der Waals surface area contributed by atoms with Crippen LogP contribution in [0.5, 0.6) is 0 Å². The van der Waals surface area contributed by atoms with E-state index in [0.29, 0.717) is 17.6 Å². The molecule has 5 aromatic carbocycles. The molecule has 1 N–H and O–H groups in total. The zero-order valence-electron chi connectivity index (χ0n) is 25.9. The molecule has 9 rings (SSSR count). The van der Waals surface area contributed by atoms with Crippen molar-refractivity contribution < 1.29 is 4.79 Å². The summed E-state index contributed by atoms with van der Waals surface area (Å²) in [4.78, 5) is 29.4. The molecule has 0 spiro atoms. The molecule has 1 aliphatic heterocycles. The van der Waals surface area contributed by atoms with Crippen molar-refractivity contribution >= 4 is 27.8 Å². The monoisotopic (exact) mass is 622 g/mol. The van der Waals surface area contributed by atoms with E-state index in [0.717, 1.165) is 44.4 Å². The number of nitrogens with one attached hydrogen (secondary N) is 1. The number of imidazole rings is 1. The van der Waals surface area contributed by atoms with Crippen LogP contribution in [0.15, 0.2) is 158 Å². The predicted octanol–water partition coefficient (Wildman–Crippen LogP) is 8.01. The zero-order chi connectivity index (χ0) is 32.1. The minimum absolute atomic E-state index is 0.0554. The Morgan fingerprint density at radius 3 is 1.75 bits per heavy atom. The largest absolute Gasteiger partial charge is 0.325 e. The van der Waals surface area contributed by atoms with Gasteiger partial charge in [-0.05, 0) is 46.5 Å². The van der Waals surface area contributed by atoms with Gasteiger partial charge in [-0.2, -0.15) is 0 Å². The lowest BCUT2D eigenvalue weighted by atomic mass is 9.77. The number of benzene rings is 5. The van der Waals surface area contributed by atoms with Crippen molar-refractivity contribution in [3.05, 3.63) is 186 Å². The first kappa shape index (κ1) is 27.9. The summed E-state index contributed by atoms with van der Waals surface area (Å²) in [6.45, 7) is 0.662. The Morgan fingerprint density at radius 1 is 0.667 bits per heavy atom. The number of amides is 1. The van der Waals surface area contributed by atoms with Crippen LogP contribution < -0.4 is 0 Å². The van der Waals surface area contributed by atoms with Gasteiger partial charge in [0.25, 0.3) is 5.91 Å². The van der Waals surface area contributed by atoms with Gasteiger partial charge in [0, 0.05) is 29.9 Å². The second kappa shape index (κ2) is 11.2. The van der Waals surface area contributed by atoms with Gasteiger partial charge < -0.3 is 4.90 Å². The average molecular weight is 623 g/mol. The van der Waals surface area contributed by atoms with Gasteiger partial charge in [-0.3, -0.25) is 19.6 Å². The number of carbonyl (C=O) groups excluding carboxylic acids is 1. The van der Waals surface area contributed by atoms with Gasteiger partial charge in [-0.25, -0.2) is 9.97 Å². The van der Waals surface area contributed by atoms with Crippen LogP contribution >= 0.6 is 0 Å². The number of nitrogens with zero attached hydrogens (tertiary/aromatic N) is 5. The maximum atomic E-state index is 13.6. The minimum Gasteiger partial charge on any atom is -0.325 e. The highest BCUT2D eigenvalue weighted by atomic mass is 16.2. The summed E-state index contributed by atoms with van der Waals surface area (Å²) >= 11 is 0. The van der Waals surface area contributed by atoms with Gasteiger partial charge in [-0.1, -0.05) is 121 Å². The number of rotatable bonds is 7. The van der Waals surface area contributed by atoms with E-state index in [1.54, 1.807) is 12.4 Å². The molecular weight excluding hydrogens is 592 g/mol. The van der Waals surface area contributed by atoms with Crippen LogP contribution in [0.3, 0.4) is 0 Å². The topological polar surface area (TPSA) is 79.5 Å². The Labute approximate surface area is 277 Å². The van der Waals surface area contributed by atoms with E-state index in [1.165, 1.54) is 0 Å². The molecule has 4 heterocycles. The van der Waals surface area contributed by atoms with Gasteiger partial charge >= 0.3 is 0 Å². The third kappa shape index (κ3) is 4.43. The van der Waals surface area contributed by atoms with Crippen molar-refractivity contribution in [3.63, 3.8) is 0 Å². The molecule has 0 saturated carbocycles. The molecule has 1 amide bonds. The van der Waals surface area contributed by atoms with E-state index in [9.17, 15) is 4.79 Å². The van der Waals surface area contributed by atoms with Crippen molar-refractivity contribution in [2.75, 3.05) is 6.54 Å². The van der Waals surface area contributed by atoms with Crippen LogP contribution in [0, 0.1) is 0 Å². The van der Waals surface area contributed by atoms with E-state index < -0.39 is 5.54 Å². The molecule has 0 aliphatic carbocycles. The Bertz CT molecular complexity index is 2290. The molecule has 0 radical (unpaired) electrons. The van der Waals surface area contributed by atoms with Crippen LogP contribution in [-0.4, -0.2) is 42.1 Å². The van der Waals surface area contributed by atoms with Crippen LogP contribution in [0.1, 0.15) is 38.9 Å². The third-order valence-electron chi connectivity index (χ3n) is 9.41. The number of aromatic nitrogens is 5. The molecule has 3 aromatic heterocycles. The molecule has 230 valence electrons. The number of hydrogen-bond donors (Lipinski definition) is 1. The number of carbonyl (C=O) groups is 1. The van der Waals surface area contributed by atoms with Gasteiger partial charge in [0.15, 0.2) is 0 Å². The molecule has 8 aromatic rings. The Hall–Kier alpha value is -6.34. The van der Waals surface area contributed by atoms with E-state index in [4.69, 9.17) is 9.97 Å². The Kier molecular flexibility index (Phi) is 6.50. The quantitative estimate of drug-likeness (QED) is 0.144. The van der Waals surface area contributed by atoms with Crippen LogP contribution in [0.25, 0.3) is 33.2 Å². The van der Waals surface area contributed by atoms with Crippen molar-refractivity contribution in [2.45, 2.75) is 11.6 Å². The highest BCUT2D eigenvalue weighted by Gasteiger charge is 2.42. The second-order valence-corrected chi connectivity index (χ2v) is 12.2. The maximum Gasteiger partial charge on any atom is 0.292 e. The first-order valence-electron chi connectivity index (χ1n) is 16.1. The summed E-state index contributed by atoms with van der Waals surface area (Å²) in [5, 5.41) is 4.82. The molecule has 1 aliphatic rings. The fraction of sp³-hybridized carbons (Fsp3) is 0.0732. The molecule has 1 atom stereocenters. The standard InChI is InChI=1S/C41H30N6O/c48-40(46-27-37(46)28-13-5-1-6-14-28)39-43-34-25-33-36(26-35(34)44-39)47(45-38(33)29-21-23-42-24-22-29)41(30-15-7-2-8-16-30,31-17-9-3-10-18-31)32-19-11-4-12-20-32/h1-26,37,45H,27H2. The zero-order valence-corrected chi connectivity index (χ0v) is 25.9. The average Bonchev–Trinajstić information content (AvgIpc) is 3.73. The lowest BCUT2D eigenvalue weighted by molar-refractivity contribution is 0.0864. The number of aromatic amines is 1. The van der Waals surface area contributed by atoms with Crippen molar-refractivity contribution in [1.82, 2.24) is 29.6 Å². The van der Waals surface area contributed by atoms with E-state index >= 15 is 0 Å². The van der Waals surface area contributed by atoms with Gasteiger partial charge in [0.05, 0.1) is 28.3 Å². The van der Waals surface area contributed by atoms with Gasteiger partial charge in [-0.15, -0.1) is 0 Å². The van der Waals surface area contributed by atoms with Crippen molar-refractivity contribution in [2.24, 2.45) is 0 Å². The number of pyridine rings is 1. The van der Waals surface area contributed by atoms with Gasteiger partial charge in [0.2, 0.25) is 5.82 Å². The smallest absolute Gasteiger partial charge is 0.292 e. The summed E-state index contributed by atoms with van der Waals surface area (Å²) in [7, 11) is 0. The number of hydrogen-bond acceptors (Lipinski definition) is 4. The fourth-order valence-corrected chi connectivity index (χ4v) is 7.09. The minimum atomic E-state index is -0.789. The Balaban J connectivity index is 1.30. The molecule has 7 heteroatoms. The molecule has 1 unspecified atom stereocenters. The predicted molar refractivity (Wildman–Crippen MR) is 187 cm³/mol. The molecule has 1 saturated heterocycles.